The Balaban J connectivity index is 0.00000129. The highest BCUT2D eigenvalue weighted by Crippen LogP contribution is 2.37. The van der Waals surface area contributed by atoms with Crippen LogP contribution in [0.1, 0.15) is 42.7 Å². The van der Waals surface area contributed by atoms with E-state index in [1.165, 1.54) is 31.8 Å². The van der Waals surface area contributed by atoms with Gasteiger partial charge in [0.2, 0.25) is 0 Å². The number of benzene rings is 2. The van der Waals surface area contributed by atoms with E-state index in [9.17, 15) is 22.4 Å². The summed E-state index contributed by atoms with van der Waals surface area (Å²) in [5.41, 5.74) is -2.01. The summed E-state index contributed by atoms with van der Waals surface area (Å²) in [7, 11) is 1.37. The minimum Gasteiger partial charge on any atom is -0.341 e. The second-order valence-corrected chi connectivity index (χ2v) is 8.00. The number of rotatable bonds is 5. The van der Waals surface area contributed by atoms with E-state index in [0.717, 1.165) is 12.1 Å². The summed E-state index contributed by atoms with van der Waals surface area (Å²) < 4.78 is 54.7. The van der Waals surface area contributed by atoms with Crippen molar-refractivity contribution < 1.29 is 22.4 Å². The van der Waals surface area contributed by atoms with E-state index in [4.69, 9.17) is 11.6 Å². The lowest BCUT2D eigenvalue weighted by molar-refractivity contribution is -0.137. The summed E-state index contributed by atoms with van der Waals surface area (Å²) in [6, 6.07) is 13.3. The van der Waals surface area contributed by atoms with E-state index in [-0.39, 0.29) is 17.7 Å². The smallest absolute Gasteiger partial charge is 0.341 e. The summed E-state index contributed by atoms with van der Waals surface area (Å²) >= 11 is 5.94. The molecule has 1 atom stereocenters. The molecule has 34 heavy (non-hydrogen) atoms. The summed E-state index contributed by atoms with van der Waals surface area (Å²) in [5.74, 6) is -1.09. The lowest BCUT2D eigenvalue weighted by atomic mass is 9.80. The molecule has 2 aromatic carbocycles. The fourth-order valence-electron chi connectivity index (χ4n) is 3.31. The molecule has 0 bridgehead atoms. The number of hydrogen-bond acceptors (Lipinski definition) is 2. The molecule has 0 saturated heterocycles. The van der Waals surface area contributed by atoms with Crippen LogP contribution >= 0.6 is 11.6 Å². The maximum atomic E-state index is 14.4. The summed E-state index contributed by atoms with van der Waals surface area (Å²) in [5, 5.41) is 5.39. The standard InChI is InChI=1S/C22H18ClF4N3O.C3H8/c1-28-20(31)30-21(12-14-5-3-2-4-6-14,19-8-7-17(23)13-29-19)15-9-16(22(25,26)27)11-18(24)10-15;1-3-2/h2-11,13H,12H2,1H3,(H2,28,30,31);3H2,1-2H3/t21-;/m0./s1. The van der Waals surface area contributed by atoms with Crippen LogP contribution in [-0.2, 0) is 18.1 Å². The molecule has 0 aliphatic heterocycles. The van der Waals surface area contributed by atoms with Gasteiger partial charge < -0.3 is 10.6 Å². The molecular formula is C25H26ClF4N3O. The Bertz CT molecular complexity index is 1080. The van der Waals surface area contributed by atoms with Crippen LogP contribution in [0.2, 0.25) is 5.02 Å². The van der Waals surface area contributed by atoms with Crippen molar-refractivity contribution in [2.75, 3.05) is 7.05 Å². The van der Waals surface area contributed by atoms with Crippen LogP contribution in [0.4, 0.5) is 22.4 Å². The largest absolute Gasteiger partial charge is 0.416 e. The topological polar surface area (TPSA) is 54.0 Å². The van der Waals surface area contributed by atoms with E-state index in [1.807, 2.05) is 0 Å². The van der Waals surface area contributed by atoms with Crippen LogP contribution in [0.3, 0.4) is 0 Å². The minimum atomic E-state index is -4.78. The van der Waals surface area contributed by atoms with Gasteiger partial charge in [0.1, 0.15) is 11.4 Å². The third kappa shape index (κ3) is 6.93. The number of halogens is 5. The highest BCUT2D eigenvalue weighted by molar-refractivity contribution is 6.30. The number of nitrogens with one attached hydrogen (secondary N) is 2. The lowest BCUT2D eigenvalue weighted by Crippen LogP contribution is -2.52. The van der Waals surface area contributed by atoms with Crippen molar-refractivity contribution in [2.24, 2.45) is 0 Å². The normalized spacial score (nSPS) is 12.7. The predicted molar refractivity (Wildman–Crippen MR) is 125 cm³/mol. The van der Waals surface area contributed by atoms with E-state index >= 15 is 0 Å². The summed E-state index contributed by atoms with van der Waals surface area (Å²) in [6.07, 6.45) is -2.21. The number of hydrogen-bond donors (Lipinski definition) is 2. The van der Waals surface area contributed by atoms with Crippen LogP contribution in [0.15, 0.2) is 66.9 Å². The average Bonchev–Trinajstić information content (AvgIpc) is 2.79. The number of nitrogens with zero attached hydrogens (tertiary/aromatic N) is 1. The third-order valence-corrected chi connectivity index (χ3v) is 4.97. The molecule has 0 aliphatic rings. The molecule has 1 aromatic heterocycles. The molecule has 0 aliphatic carbocycles. The van der Waals surface area contributed by atoms with Gasteiger partial charge >= 0.3 is 12.2 Å². The van der Waals surface area contributed by atoms with Crippen LogP contribution in [-0.4, -0.2) is 18.1 Å². The van der Waals surface area contributed by atoms with Crippen molar-refractivity contribution >= 4 is 17.6 Å². The molecule has 2 N–H and O–H groups in total. The number of carbonyl (C=O) groups excluding carboxylic acids is 1. The van der Waals surface area contributed by atoms with Gasteiger partial charge in [0.25, 0.3) is 0 Å². The maximum Gasteiger partial charge on any atom is 0.416 e. The average molecular weight is 496 g/mol. The van der Waals surface area contributed by atoms with Crippen molar-refractivity contribution in [2.45, 2.75) is 38.4 Å². The zero-order valence-corrected chi connectivity index (χ0v) is 19.8. The molecule has 3 rings (SSSR count). The number of urea groups is 1. The Morgan fingerprint density at radius 2 is 1.62 bits per heavy atom. The van der Waals surface area contributed by atoms with Crippen LogP contribution in [0, 0.1) is 5.82 Å². The Morgan fingerprint density at radius 3 is 2.15 bits per heavy atom. The number of amides is 2. The molecule has 182 valence electrons. The second kappa shape index (κ2) is 11.8. The van der Waals surface area contributed by atoms with Crippen LogP contribution in [0.5, 0.6) is 0 Å². The molecule has 0 unspecified atom stereocenters. The fraction of sp³-hybridized carbons (Fsp3) is 0.280. The van der Waals surface area contributed by atoms with Crippen molar-refractivity contribution in [3.63, 3.8) is 0 Å². The van der Waals surface area contributed by atoms with Crippen molar-refractivity contribution in [1.82, 2.24) is 15.6 Å². The van der Waals surface area contributed by atoms with E-state index < -0.39 is 29.1 Å². The zero-order valence-electron chi connectivity index (χ0n) is 19.0. The van der Waals surface area contributed by atoms with Crippen molar-refractivity contribution in [1.29, 1.82) is 0 Å². The van der Waals surface area contributed by atoms with Crippen molar-refractivity contribution in [3.05, 3.63) is 100 Å². The minimum absolute atomic E-state index is 0.0106. The number of aromatic nitrogens is 1. The van der Waals surface area contributed by atoms with Crippen LogP contribution < -0.4 is 10.6 Å². The number of alkyl halides is 3. The molecule has 2 amide bonds. The summed E-state index contributed by atoms with van der Waals surface area (Å²) in [4.78, 5) is 16.7. The van der Waals surface area contributed by atoms with E-state index in [0.29, 0.717) is 16.7 Å². The molecule has 0 radical (unpaired) electrons. The number of pyridine rings is 1. The van der Waals surface area contributed by atoms with E-state index in [2.05, 4.69) is 29.5 Å². The quantitative estimate of drug-likeness (QED) is 0.386. The number of carbonyl (C=O) groups is 1. The molecule has 0 saturated carbocycles. The molecular weight excluding hydrogens is 470 g/mol. The Hall–Kier alpha value is -3.13. The molecule has 0 fully saturated rings. The van der Waals surface area contributed by atoms with Gasteiger partial charge in [0.05, 0.1) is 16.3 Å². The van der Waals surface area contributed by atoms with Gasteiger partial charge in [-0.1, -0.05) is 62.2 Å². The molecule has 9 heteroatoms. The first kappa shape index (κ1) is 27.1. The molecule has 3 aromatic rings. The van der Waals surface area contributed by atoms with Gasteiger partial charge in [-0.05, 0) is 41.5 Å². The molecule has 4 nitrogen and oxygen atoms in total. The zero-order chi connectivity index (χ0) is 25.4. The first-order valence-corrected chi connectivity index (χ1v) is 11.0. The first-order valence-electron chi connectivity index (χ1n) is 10.6. The highest BCUT2D eigenvalue weighted by atomic mass is 35.5. The SMILES string of the molecule is CCC.CNC(=O)N[C@@](Cc1ccccc1)(c1cc(F)cc(C(F)(F)F)c1)c1ccc(Cl)cn1. The molecule has 1 heterocycles. The first-order chi connectivity index (χ1) is 16.1. The van der Waals surface area contributed by atoms with E-state index in [1.54, 1.807) is 30.3 Å². The van der Waals surface area contributed by atoms with Crippen molar-refractivity contribution in [3.8, 4) is 0 Å². The predicted octanol–water partition coefficient (Wildman–Crippen LogP) is 6.72. The maximum absolute atomic E-state index is 14.4. The highest BCUT2D eigenvalue weighted by Gasteiger charge is 2.40. The third-order valence-electron chi connectivity index (χ3n) is 4.75. The summed E-state index contributed by atoms with van der Waals surface area (Å²) in [6.45, 7) is 4.25. The van der Waals surface area contributed by atoms with Gasteiger partial charge in [-0.15, -0.1) is 0 Å². The van der Waals surface area contributed by atoms with Gasteiger partial charge in [0, 0.05) is 19.7 Å². The Morgan fingerprint density at radius 1 is 1.00 bits per heavy atom. The van der Waals surface area contributed by atoms with Gasteiger partial charge in [-0.25, -0.2) is 9.18 Å². The molecule has 0 spiro atoms. The van der Waals surface area contributed by atoms with Gasteiger partial charge in [0.15, 0.2) is 0 Å². The monoisotopic (exact) mass is 495 g/mol. The van der Waals surface area contributed by atoms with Crippen LogP contribution in [0.25, 0.3) is 0 Å². The Labute approximate surface area is 201 Å². The Kier molecular flexibility index (Phi) is 9.44. The second-order valence-electron chi connectivity index (χ2n) is 7.57. The fourth-order valence-corrected chi connectivity index (χ4v) is 3.42. The lowest BCUT2D eigenvalue weighted by Gasteiger charge is -2.35. The van der Waals surface area contributed by atoms with Gasteiger partial charge in [-0.2, -0.15) is 13.2 Å². The van der Waals surface area contributed by atoms with Gasteiger partial charge in [-0.3, -0.25) is 4.98 Å².